The van der Waals surface area contributed by atoms with E-state index in [0.29, 0.717) is 19.4 Å². The number of hydrogen-bond acceptors (Lipinski definition) is 6. The third-order valence-electron chi connectivity index (χ3n) is 6.10. The molecule has 2 atom stereocenters. The topological polar surface area (TPSA) is 125 Å². The molecule has 1 aromatic carbocycles. The fraction of sp³-hybridized carbons (Fsp3) is 0.519. The van der Waals surface area contributed by atoms with Crippen LogP contribution in [0.1, 0.15) is 39.2 Å². The molecule has 0 aliphatic carbocycles. The quantitative estimate of drug-likeness (QED) is 0.447. The second kappa shape index (κ2) is 14.8. The van der Waals surface area contributed by atoms with Gasteiger partial charge in [0.15, 0.2) is 0 Å². The molecule has 37 heavy (non-hydrogen) atoms. The van der Waals surface area contributed by atoms with Crippen LogP contribution in [0.4, 0.5) is 0 Å². The number of benzene rings is 1. The molecule has 0 fully saturated rings. The Hall–Kier alpha value is -3.69. The monoisotopic (exact) mass is 514 g/mol. The maximum Gasteiger partial charge on any atom is 0.325 e. The average Bonchev–Trinajstić information content (AvgIpc) is 2.86. The molecule has 1 heterocycles. The predicted octanol–water partition coefficient (Wildman–Crippen LogP) is 1.05. The lowest BCUT2D eigenvalue weighted by Crippen LogP contribution is -2.58. The van der Waals surface area contributed by atoms with Crippen molar-refractivity contribution < 1.29 is 28.7 Å². The average molecular weight is 515 g/mol. The Labute approximate surface area is 218 Å². The van der Waals surface area contributed by atoms with Crippen LogP contribution >= 0.6 is 0 Å². The van der Waals surface area contributed by atoms with Crippen LogP contribution in [-0.4, -0.2) is 84.8 Å². The molecule has 0 spiro atoms. The zero-order valence-electron chi connectivity index (χ0n) is 22.1. The first-order valence-electron chi connectivity index (χ1n) is 12.5. The molecule has 1 aliphatic rings. The maximum absolute atomic E-state index is 13.6. The molecule has 0 aromatic heterocycles. The summed E-state index contributed by atoms with van der Waals surface area (Å²) in [5.74, 6) is -2.49. The number of ether oxygens (including phenoxy) is 1. The largest absolute Gasteiger partial charge is 0.468 e. The molecule has 0 saturated carbocycles. The highest BCUT2D eigenvalue weighted by Crippen LogP contribution is 2.10. The molecule has 0 unspecified atom stereocenters. The van der Waals surface area contributed by atoms with E-state index in [0.717, 1.165) is 5.56 Å². The molecule has 202 valence electrons. The molecular weight excluding hydrogens is 476 g/mol. The summed E-state index contributed by atoms with van der Waals surface area (Å²) in [6.45, 7) is 5.12. The second-order valence-corrected chi connectivity index (χ2v) is 9.37. The second-order valence-electron chi connectivity index (χ2n) is 9.37. The van der Waals surface area contributed by atoms with Gasteiger partial charge in [0.2, 0.25) is 23.6 Å². The highest BCUT2D eigenvalue weighted by molar-refractivity contribution is 5.94. The molecule has 10 heteroatoms. The van der Waals surface area contributed by atoms with Gasteiger partial charge in [-0.3, -0.25) is 24.0 Å². The van der Waals surface area contributed by atoms with Gasteiger partial charge in [-0.2, -0.15) is 0 Å². The molecule has 10 nitrogen and oxygen atoms in total. The van der Waals surface area contributed by atoms with Crippen molar-refractivity contribution in [2.75, 3.05) is 33.3 Å². The van der Waals surface area contributed by atoms with E-state index in [-0.39, 0.29) is 37.9 Å². The highest BCUT2D eigenvalue weighted by atomic mass is 16.5. The van der Waals surface area contributed by atoms with Gasteiger partial charge in [0, 0.05) is 26.4 Å². The Morgan fingerprint density at radius 1 is 1.03 bits per heavy atom. The van der Waals surface area contributed by atoms with Crippen molar-refractivity contribution in [3.8, 4) is 0 Å². The summed E-state index contributed by atoms with van der Waals surface area (Å²) in [5.41, 5.74) is 0.829. The van der Waals surface area contributed by atoms with Crippen LogP contribution in [0, 0.1) is 5.92 Å². The van der Waals surface area contributed by atoms with E-state index in [1.165, 1.54) is 23.8 Å². The molecule has 0 saturated heterocycles. The third-order valence-corrected chi connectivity index (χ3v) is 6.10. The van der Waals surface area contributed by atoms with Gasteiger partial charge in [-0.1, -0.05) is 56.3 Å². The number of methoxy groups -OCH3 is 1. The van der Waals surface area contributed by atoms with Crippen LogP contribution in [0.15, 0.2) is 42.5 Å². The van der Waals surface area contributed by atoms with Gasteiger partial charge in [0.05, 0.1) is 13.7 Å². The molecule has 2 rings (SSSR count). The summed E-state index contributed by atoms with van der Waals surface area (Å²) in [7, 11) is 1.25. The lowest BCUT2D eigenvalue weighted by atomic mass is 10.0. The third kappa shape index (κ3) is 9.70. The van der Waals surface area contributed by atoms with E-state index >= 15 is 0 Å². The first kappa shape index (κ1) is 29.5. The summed E-state index contributed by atoms with van der Waals surface area (Å²) >= 11 is 0. The summed E-state index contributed by atoms with van der Waals surface area (Å²) in [5, 5.41) is 5.53. The van der Waals surface area contributed by atoms with E-state index in [2.05, 4.69) is 10.6 Å². The van der Waals surface area contributed by atoms with Crippen LogP contribution in [0.5, 0.6) is 0 Å². The number of esters is 1. The number of rotatable bonds is 5. The Bertz CT molecular complexity index is 978. The van der Waals surface area contributed by atoms with Crippen molar-refractivity contribution in [1.29, 1.82) is 0 Å². The van der Waals surface area contributed by atoms with E-state index in [4.69, 9.17) is 4.74 Å². The molecule has 0 radical (unpaired) electrons. The van der Waals surface area contributed by atoms with E-state index in [9.17, 15) is 24.0 Å². The number of carbonyl (C=O) groups excluding carboxylic acids is 5. The summed E-state index contributed by atoms with van der Waals surface area (Å²) in [6.07, 6.45) is 4.92. The molecular formula is C27H38N4O6. The van der Waals surface area contributed by atoms with Crippen LogP contribution < -0.4 is 10.6 Å². The lowest BCUT2D eigenvalue weighted by Gasteiger charge is -2.30. The van der Waals surface area contributed by atoms with E-state index in [1.54, 1.807) is 13.8 Å². The minimum Gasteiger partial charge on any atom is -0.468 e. The molecule has 2 N–H and O–H groups in total. The van der Waals surface area contributed by atoms with Crippen molar-refractivity contribution in [1.82, 2.24) is 20.4 Å². The van der Waals surface area contributed by atoms with Gasteiger partial charge in [0.1, 0.15) is 18.6 Å². The predicted molar refractivity (Wildman–Crippen MR) is 138 cm³/mol. The fourth-order valence-electron chi connectivity index (χ4n) is 3.99. The van der Waals surface area contributed by atoms with Crippen LogP contribution in [0.25, 0.3) is 0 Å². The number of nitrogens with zero attached hydrogens (tertiary/aromatic N) is 2. The Morgan fingerprint density at radius 3 is 2.27 bits per heavy atom. The van der Waals surface area contributed by atoms with Crippen LogP contribution in [0.2, 0.25) is 0 Å². The van der Waals surface area contributed by atoms with Gasteiger partial charge in [-0.05, 0) is 24.3 Å². The van der Waals surface area contributed by atoms with E-state index in [1.807, 2.05) is 42.5 Å². The fourth-order valence-corrected chi connectivity index (χ4v) is 3.99. The first-order chi connectivity index (χ1) is 17.6. The normalized spacial score (nSPS) is 21.3. The Balaban J connectivity index is 2.42. The molecule has 1 aliphatic heterocycles. The minimum atomic E-state index is -0.969. The van der Waals surface area contributed by atoms with Crippen LogP contribution in [-0.2, 0) is 35.1 Å². The summed E-state index contributed by atoms with van der Waals surface area (Å²) in [6, 6.07) is 7.34. The number of amides is 4. The van der Waals surface area contributed by atoms with Crippen LogP contribution in [0.3, 0.4) is 0 Å². The smallest absolute Gasteiger partial charge is 0.325 e. The van der Waals surface area contributed by atoms with Gasteiger partial charge in [-0.25, -0.2) is 0 Å². The van der Waals surface area contributed by atoms with Crippen molar-refractivity contribution >= 4 is 29.6 Å². The minimum absolute atomic E-state index is 0.168. The number of carbonyl (C=O) groups is 5. The zero-order chi connectivity index (χ0) is 27.4. The Morgan fingerprint density at radius 2 is 1.68 bits per heavy atom. The molecule has 4 amide bonds. The van der Waals surface area contributed by atoms with Gasteiger partial charge >= 0.3 is 5.97 Å². The first-order valence-corrected chi connectivity index (χ1v) is 12.5. The van der Waals surface area contributed by atoms with Gasteiger partial charge < -0.3 is 25.2 Å². The standard InChI is InChI=1S/C27H38N4O6/c1-19(2)25-26(35)28-22(16-21-12-8-7-9-13-21)27(36)31(18-24(34)37-4)15-11-6-5-10-14-30(20(3)32)17-23(33)29-25/h5-9,12-13,19,22,25H,10-11,14-18H2,1-4H3,(H,28,35)(H,29,33)/b6-5+/t22-,25-/m0/s1. The van der Waals surface area contributed by atoms with Crippen molar-refractivity contribution in [3.63, 3.8) is 0 Å². The van der Waals surface area contributed by atoms with Crippen molar-refractivity contribution in [2.24, 2.45) is 5.92 Å². The maximum atomic E-state index is 13.6. The van der Waals surface area contributed by atoms with Gasteiger partial charge in [-0.15, -0.1) is 0 Å². The van der Waals surface area contributed by atoms with Gasteiger partial charge in [0.25, 0.3) is 0 Å². The SMILES string of the molecule is COC(=O)CN1CC/C=C/CCN(C(C)=O)CC(=O)N[C@@H](C(C)C)C(=O)N[C@@H](Cc2ccccc2)C1=O. The Kier molecular flexibility index (Phi) is 11.8. The molecule has 0 bridgehead atoms. The summed E-state index contributed by atoms with van der Waals surface area (Å²) < 4.78 is 4.79. The lowest BCUT2D eigenvalue weighted by molar-refractivity contribution is -0.148. The van der Waals surface area contributed by atoms with Crippen molar-refractivity contribution in [2.45, 2.75) is 52.1 Å². The summed E-state index contributed by atoms with van der Waals surface area (Å²) in [4.78, 5) is 66.7. The molecule has 1 aromatic rings. The number of hydrogen-bond donors (Lipinski definition) is 2. The van der Waals surface area contributed by atoms with Crippen molar-refractivity contribution in [3.05, 3.63) is 48.0 Å². The highest BCUT2D eigenvalue weighted by Gasteiger charge is 2.32. The zero-order valence-corrected chi connectivity index (χ0v) is 22.1. The number of nitrogens with one attached hydrogen (secondary N) is 2. The van der Waals surface area contributed by atoms with E-state index < -0.39 is 35.8 Å².